The van der Waals surface area contributed by atoms with Crippen molar-refractivity contribution in [3.8, 4) is 0 Å². The smallest absolute Gasteiger partial charge is 0.163 e. The first-order chi connectivity index (χ1) is 10.7. The van der Waals surface area contributed by atoms with E-state index in [9.17, 15) is 0 Å². The summed E-state index contributed by atoms with van der Waals surface area (Å²) < 4.78 is 1.78. The van der Waals surface area contributed by atoms with Crippen LogP contribution in [-0.4, -0.2) is 26.3 Å². The van der Waals surface area contributed by atoms with E-state index in [4.69, 9.17) is 11.6 Å². The number of halogens is 1. The van der Waals surface area contributed by atoms with E-state index in [0.717, 1.165) is 41.3 Å². The highest BCUT2D eigenvalue weighted by Crippen LogP contribution is 2.38. The molecule has 112 valence electrons. The standard InChI is InChI=1S/C16H16ClN5/c1-21-15-13(9-20-21)16(19-10-18-15)22-7-3-6-14(22)11-4-2-5-12(17)8-11/h2,4-5,8-10,14H,3,6-7H2,1H3. The third kappa shape index (κ3) is 2.13. The summed E-state index contributed by atoms with van der Waals surface area (Å²) in [6, 6.07) is 8.40. The zero-order valence-electron chi connectivity index (χ0n) is 12.3. The van der Waals surface area contributed by atoms with E-state index >= 15 is 0 Å². The fourth-order valence-corrected chi connectivity index (χ4v) is 3.46. The molecule has 3 aromatic rings. The molecule has 22 heavy (non-hydrogen) atoms. The molecule has 1 aliphatic rings. The maximum Gasteiger partial charge on any atom is 0.163 e. The van der Waals surface area contributed by atoms with Crippen LogP contribution in [0.1, 0.15) is 24.4 Å². The summed E-state index contributed by atoms with van der Waals surface area (Å²) in [4.78, 5) is 11.2. The fourth-order valence-electron chi connectivity index (χ4n) is 3.26. The molecule has 1 unspecified atom stereocenters. The van der Waals surface area contributed by atoms with Gasteiger partial charge in [0.15, 0.2) is 5.65 Å². The predicted molar refractivity (Wildman–Crippen MR) is 87.1 cm³/mol. The number of anilines is 1. The number of benzene rings is 1. The molecule has 0 amide bonds. The van der Waals surface area contributed by atoms with E-state index in [1.54, 1.807) is 11.0 Å². The third-order valence-electron chi connectivity index (χ3n) is 4.27. The summed E-state index contributed by atoms with van der Waals surface area (Å²) >= 11 is 6.16. The zero-order chi connectivity index (χ0) is 15.1. The molecule has 0 aliphatic carbocycles. The van der Waals surface area contributed by atoms with Crippen molar-refractivity contribution in [2.75, 3.05) is 11.4 Å². The Balaban J connectivity index is 1.80. The van der Waals surface area contributed by atoms with Crippen molar-refractivity contribution in [3.05, 3.63) is 47.4 Å². The molecule has 3 heterocycles. The summed E-state index contributed by atoms with van der Waals surface area (Å²) in [5.41, 5.74) is 2.10. The van der Waals surface area contributed by atoms with Gasteiger partial charge >= 0.3 is 0 Å². The minimum Gasteiger partial charge on any atom is -0.349 e. The first-order valence-corrected chi connectivity index (χ1v) is 7.76. The van der Waals surface area contributed by atoms with E-state index in [0.29, 0.717) is 6.04 Å². The maximum absolute atomic E-state index is 6.16. The van der Waals surface area contributed by atoms with Gasteiger partial charge < -0.3 is 4.90 Å². The Kier molecular flexibility index (Phi) is 3.22. The topological polar surface area (TPSA) is 46.8 Å². The van der Waals surface area contributed by atoms with Crippen LogP contribution < -0.4 is 4.90 Å². The predicted octanol–water partition coefficient (Wildman–Crippen LogP) is 3.36. The quantitative estimate of drug-likeness (QED) is 0.728. The third-order valence-corrected chi connectivity index (χ3v) is 4.50. The van der Waals surface area contributed by atoms with Gasteiger partial charge in [0.1, 0.15) is 12.1 Å². The SMILES string of the molecule is Cn1ncc2c(N3CCCC3c3cccc(Cl)c3)ncnc21. The molecular formula is C16H16ClN5. The molecule has 0 radical (unpaired) electrons. The number of hydrogen-bond acceptors (Lipinski definition) is 4. The van der Waals surface area contributed by atoms with Crippen LogP contribution in [0.5, 0.6) is 0 Å². The molecule has 1 aromatic carbocycles. The largest absolute Gasteiger partial charge is 0.349 e. The summed E-state index contributed by atoms with van der Waals surface area (Å²) in [5, 5.41) is 6.08. The second-order valence-corrected chi connectivity index (χ2v) is 6.05. The van der Waals surface area contributed by atoms with Crippen molar-refractivity contribution in [2.45, 2.75) is 18.9 Å². The van der Waals surface area contributed by atoms with Crippen molar-refractivity contribution >= 4 is 28.5 Å². The lowest BCUT2D eigenvalue weighted by atomic mass is 10.0. The normalized spacial score (nSPS) is 18.3. The van der Waals surface area contributed by atoms with Crippen molar-refractivity contribution < 1.29 is 0 Å². The number of hydrogen-bond donors (Lipinski definition) is 0. The highest BCUT2D eigenvalue weighted by Gasteiger charge is 2.29. The molecule has 5 nitrogen and oxygen atoms in total. The van der Waals surface area contributed by atoms with Crippen LogP contribution in [0.4, 0.5) is 5.82 Å². The highest BCUT2D eigenvalue weighted by molar-refractivity contribution is 6.30. The van der Waals surface area contributed by atoms with Crippen LogP contribution in [0, 0.1) is 0 Å². The number of aromatic nitrogens is 4. The number of nitrogens with zero attached hydrogens (tertiary/aromatic N) is 5. The minimum absolute atomic E-state index is 0.303. The van der Waals surface area contributed by atoms with Gasteiger partial charge in [0.25, 0.3) is 0 Å². The van der Waals surface area contributed by atoms with Crippen molar-refractivity contribution in [3.63, 3.8) is 0 Å². The van der Waals surface area contributed by atoms with Gasteiger partial charge in [-0.25, -0.2) is 9.97 Å². The van der Waals surface area contributed by atoms with Crippen LogP contribution in [0.3, 0.4) is 0 Å². The molecule has 0 saturated carbocycles. The Hall–Kier alpha value is -2.14. The van der Waals surface area contributed by atoms with E-state index in [-0.39, 0.29) is 0 Å². The van der Waals surface area contributed by atoms with E-state index in [2.05, 4.69) is 26.0 Å². The van der Waals surface area contributed by atoms with E-state index in [1.807, 2.05) is 31.4 Å². The van der Waals surface area contributed by atoms with E-state index < -0.39 is 0 Å². The Bertz CT molecular complexity index is 828. The fraction of sp³-hybridized carbons (Fsp3) is 0.312. The summed E-state index contributed by atoms with van der Waals surface area (Å²) in [5.74, 6) is 0.959. The summed E-state index contributed by atoms with van der Waals surface area (Å²) in [7, 11) is 1.90. The zero-order valence-corrected chi connectivity index (χ0v) is 13.0. The second kappa shape index (κ2) is 5.25. The van der Waals surface area contributed by atoms with Crippen molar-refractivity contribution in [2.24, 2.45) is 7.05 Å². The maximum atomic E-state index is 6.16. The van der Waals surface area contributed by atoms with Gasteiger partial charge in [-0.15, -0.1) is 0 Å². The van der Waals surface area contributed by atoms with Crippen LogP contribution in [-0.2, 0) is 7.05 Å². The van der Waals surface area contributed by atoms with Crippen LogP contribution in [0.15, 0.2) is 36.8 Å². The van der Waals surface area contributed by atoms with Gasteiger partial charge in [-0.1, -0.05) is 23.7 Å². The molecule has 0 spiro atoms. The lowest BCUT2D eigenvalue weighted by Crippen LogP contribution is -2.23. The summed E-state index contributed by atoms with van der Waals surface area (Å²) in [6.45, 7) is 0.984. The molecule has 6 heteroatoms. The average molecular weight is 314 g/mol. The van der Waals surface area contributed by atoms with Crippen LogP contribution in [0.2, 0.25) is 5.02 Å². The average Bonchev–Trinajstić information content (AvgIpc) is 3.14. The molecule has 0 N–H and O–H groups in total. The van der Waals surface area contributed by atoms with Gasteiger partial charge in [-0.05, 0) is 30.5 Å². The Morgan fingerprint density at radius 2 is 2.18 bits per heavy atom. The molecule has 1 aliphatic heterocycles. The van der Waals surface area contributed by atoms with Crippen LogP contribution >= 0.6 is 11.6 Å². The van der Waals surface area contributed by atoms with Gasteiger partial charge in [-0.2, -0.15) is 5.10 Å². The molecule has 1 saturated heterocycles. The molecule has 1 atom stereocenters. The Labute approximate surface area is 133 Å². The second-order valence-electron chi connectivity index (χ2n) is 5.61. The summed E-state index contributed by atoms with van der Waals surface area (Å²) in [6.07, 6.45) is 5.71. The number of aryl methyl sites for hydroxylation is 1. The highest BCUT2D eigenvalue weighted by atomic mass is 35.5. The molecular weight excluding hydrogens is 298 g/mol. The monoisotopic (exact) mass is 313 g/mol. The van der Waals surface area contributed by atoms with E-state index in [1.165, 1.54) is 5.56 Å². The lowest BCUT2D eigenvalue weighted by molar-refractivity contribution is 0.713. The van der Waals surface area contributed by atoms with Gasteiger partial charge in [0.2, 0.25) is 0 Å². The molecule has 0 bridgehead atoms. The van der Waals surface area contributed by atoms with Crippen molar-refractivity contribution in [1.29, 1.82) is 0 Å². The van der Waals surface area contributed by atoms with Gasteiger partial charge in [0, 0.05) is 18.6 Å². The minimum atomic E-state index is 0.303. The lowest BCUT2D eigenvalue weighted by Gasteiger charge is -2.26. The molecule has 1 fully saturated rings. The Morgan fingerprint density at radius 1 is 1.27 bits per heavy atom. The number of rotatable bonds is 2. The first kappa shape index (κ1) is 13.5. The Morgan fingerprint density at radius 3 is 3.05 bits per heavy atom. The van der Waals surface area contributed by atoms with Gasteiger partial charge in [0.05, 0.1) is 17.6 Å². The first-order valence-electron chi connectivity index (χ1n) is 7.39. The molecule has 2 aromatic heterocycles. The molecule has 4 rings (SSSR count). The van der Waals surface area contributed by atoms with Gasteiger partial charge in [-0.3, -0.25) is 4.68 Å². The number of fused-ring (bicyclic) bond motifs is 1. The van der Waals surface area contributed by atoms with Crippen LogP contribution in [0.25, 0.3) is 11.0 Å². The van der Waals surface area contributed by atoms with Crippen molar-refractivity contribution in [1.82, 2.24) is 19.7 Å².